The Labute approximate surface area is 157 Å². The molecule has 4 rings (SSSR count). The maximum Gasteiger partial charge on any atom is 0.260 e. The molecule has 26 heavy (non-hydrogen) atoms. The predicted molar refractivity (Wildman–Crippen MR) is 97.2 cm³/mol. The predicted octanol–water partition coefficient (Wildman–Crippen LogP) is 1.82. The van der Waals surface area contributed by atoms with E-state index in [4.69, 9.17) is 16.3 Å². The van der Waals surface area contributed by atoms with Crippen LogP contribution in [0, 0.1) is 0 Å². The summed E-state index contributed by atoms with van der Waals surface area (Å²) in [6, 6.07) is 7.04. The highest BCUT2D eigenvalue weighted by atomic mass is 35.5. The number of aromatic nitrogens is 3. The third-order valence-electron chi connectivity index (χ3n) is 5.04. The molecular formula is C18H22ClN5O2. The minimum atomic E-state index is 0.0193. The van der Waals surface area contributed by atoms with Crippen molar-refractivity contribution in [1.82, 2.24) is 25.0 Å². The average molecular weight is 376 g/mol. The number of hydrogen-bond acceptors (Lipinski definition) is 5. The second kappa shape index (κ2) is 7.63. The van der Waals surface area contributed by atoms with Crippen molar-refractivity contribution in [3.63, 3.8) is 0 Å². The topological polar surface area (TPSA) is 72.3 Å². The maximum absolute atomic E-state index is 12.4. The number of piperidine rings is 1. The minimum absolute atomic E-state index is 0.0193. The highest BCUT2D eigenvalue weighted by molar-refractivity contribution is 6.30. The normalized spacial score (nSPS) is 17.8. The molecule has 7 nitrogen and oxygen atoms in total. The molecule has 0 spiro atoms. The Morgan fingerprint density at radius 2 is 1.96 bits per heavy atom. The van der Waals surface area contributed by atoms with Gasteiger partial charge in [0.05, 0.1) is 6.54 Å². The van der Waals surface area contributed by atoms with E-state index in [-0.39, 0.29) is 12.5 Å². The van der Waals surface area contributed by atoms with Gasteiger partial charge >= 0.3 is 0 Å². The number of rotatable bonds is 4. The third kappa shape index (κ3) is 3.68. The Bertz CT molecular complexity index is 768. The minimum Gasteiger partial charge on any atom is -0.484 e. The molecule has 1 aromatic heterocycles. The summed E-state index contributed by atoms with van der Waals surface area (Å²) in [5.41, 5.74) is 0. The molecule has 3 heterocycles. The quantitative estimate of drug-likeness (QED) is 0.882. The molecule has 0 saturated carbocycles. The summed E-state index contributed by atoms with van der Waals surface area (Å²) < 4.78 is 7.80. The van der Waals surface area contributed by atoms with Crippen molar-refractivity contribution >= 4 is 17.5 Å². The van der Waals surface area contributed by atoms with E-state index in [0.717, 1.165) is 57.2 Å². The van der Waals surface area contributed by atoms with Crippen molar-refractivity contribution in [2.24, 2.45) is 0 Å². The molecule has 1 amide bonds. The zero-order valence-corrected chi connectivity index (χ0v) is 15.3. The Kier molecular flexibility index (Phi) is 5.08. The molecular weight excluding hydrogens is 354 g/mol. The number of carbonyl (C=O) groups excluding carboxylic acids is 1. The summed E-state index contributed by atoms with van der Waals surface area (Å²) in [4.78, 5) is 14.3. The second-order valence-corrected chi connectivity index (χ2v) is 7.14. The molecule has 138 valence electrons. The van der Waals surface area contributed by atoms with Gasteiger partial charge in [-0.15, -0.1) is 10.2 Å². The summed E-state index contributed by atoms with van der Waals surface area (Å²) in [6.45, 7) is 4.18. The summed E-state index contributed by atoms with van der Waals surface area (Å²) in [7, 11) is 0. The lowest BCUT2D eigenvalue weighted by atomic mass is 9.95. The van der Waals surface area contributed by atoms with Crippen LogP contribution in [-0.4, -0.2) is 51.8 Å². The van der Waals surface area contributed by atoms with Crippen molar-refractivity contribution in [3.05, 3.63) is 40.9 Å². The van der Waals surface area contributed by atoms with Gasteiger partial charge in [0.25, 0.3) is 5.91 Å². The van der Waals surface area contributed by atoms with Gasteiger partial charge in [0.2, 0.25) is 0 Å². The molecule has 1 saturated heterocycles. The zero-order valence-electron chi connectivity index (χ0n) is 14.5. The van der Waals surface area contributed by atoms with Gasteiger partial charge in [-0.1, -0.05) is 11.6 Å². The van der Waals surface area contributed by atoms with Crippen LogP contribution in [0.15, 0.2) is 24.3 Å². The Morgan fingerprint density at radius 1 is 1.19 bits per heavy atom. The van der Waals surface area contributed by atoms with Crippen LogP contribution in [0.2, 0.25) is 5.02 Å². The van der Waals surface area contributed by atoms with Gasteiger partial charge in [-0.3, -0.25) is 4.79 Å². The number of nitrogens with zero attached hydrogens (tertiary/aromatic N) is 4. The lowest BCUT2D eigenvalue weighted by Gasteiger charge is -2.32. The van der Waals surface area contributed by atoms with Gasteiger partial charge in [0, 0.05) is 37.1 Å². The Balaban J connectivity index is 1.30. The molecule has 1 aromatic carbocycles. The van der Waals surface area contributed by atoms with Crippen molar-refractivity contribution in [2.75, 3.05) is 26.2 Å². The molecule has 0 atom stereocenters. The van der Waals surface area contributed by atoms with E-state index in [1.807, 2.05) is 4.90 Å². The highest BCUT2D eigenvalue weighted by Crippen LogP contribution is 2.28. The first-order valence-corrected chi connectivity index (χ1v) is 9.37. The number of nitrogens with one attached hydrogen (secondary N) is 1. The monoisotopic (exact) mass is 375 g/mol. The van der Waals surface area contributed by atoms with Crippen LogP contribution in [0.4, 0.5) is 0 Å². The van der Waals surface area contributed by atoms with Gasteiger partial charge in [0.15, 0.2) is 6.61 Å². The van der Waals surface area contributed by atoms with Gasteiger partial charge in [-0.25, -0.2) is 0 Å². The van der Waals surface area contributed by atoms with E-state index in [1.165, 1.54) is 0 Å². The number of carbonyl (C=O) groups is 1. The fourth-order valence-corrected chi connectivity index (χ4v) is 3.70. The first-order chi connectivity index (χ1) is 12.7. The van der Waals surface area contributed by atoms with Crippen molar-refractivity contribution in [3.8, 4) is 5.75 Å². The molecule has 2 aliphatic heterocycles. The molecule has 1 fully saturated rings. The van der Waals surface area contributed by atoms with E-state index >= 15 is 0 Å². The fourth-order valence-electron chi connectivity index (χ4n) is 3.57. The van der Waals surface area contributed by atoms with Crippen LogP contribution < -0.4 is 10.1 Å². The van der Waals surface area contributed by atoms with Crippen molar-refractivity contribution in [2.45, 2.75) is 31.8 Å². The lowest BCUT2D eigenvalue weighted by molar-refractivity contribution is -0.134. The molecule has 0 radical (unpaired) electrons. The van der Waals surface area contributed by atoms with Crippen LogP contribution >= 0.6 is 11.6 Å². The van der Waals surface area contributed by atoms with Crippen LogP contribution in [0.1, 0.15) is 30.4 Å². The van der Waals surface area contributed by atoms with Crippen molar-refractivity contribution in [1.29, 1.82) is 0 Å². The number of benzene rings is 1. The fraction of sp³-hybridized carbons (Fsp3) is 0.500. The molecule has 8 heteroatoms. The molecule has 2 aromatic rings. The second-order valence-electron chi connectivity index (χ2n) is 6.70. The SMILES string of the molecule is O=C(COc1ccc(Cl)cc1)N1CCC(c2nnc3n2CCNC3)CC1. The van der Waals surface area contributed by atoms with E-state index in [1.54, 1.807) is 24.3 Å². The highest BCUT2D eigenvalue weighted by Gasteiger charge is 2.28. The first-order valence-electron chi connectivity index (χ1n) is 8.99. The van der Waals surface area contributed by atoms with Crippen LogP contribution in [-0.2, 0) is 17.9 Å². The third-order valence-corrected chi connectivity index (χ3v) is 5.29. The number of halogens is 1. The standard InChI is InChI=1S/C18H22ClN5O2/c19-14-1-3-15(4-2-14)26-12-17(25)23-8-5-13(6-9-23)18-22-21-16-11-20-7-10-24(16)18/h1-4,13,20H,5-12H2. The van der Waals surface area contributed by atoms with Gasteiger partial charge in [0.1, 0.15) is 17.4 Å². The Morgan fingerprint density at radius 3 is 2.73 bits per heavy atom. The number of hydrogen-bond donors (Lipinski definition) is 1. The molecule has 0 aliphatic carbocycles. The van der Waals surface area contributed by atoms with E-state index in [0.29, 0.717) is 16.7 Å². The van der Waals surface area contributed by atoms with Crippen LogP contribution in [0.5, 0.6) is 5.75 Å². The molecule has 0 bridgehead atoms. The lowest BCUT2D eigenvalue weighted by Crippen LogP contribution is -2.41. The number of amides is 1. The average Bonchev–Trinajstić information content (AvgIpc) is 3.11. The van der Waals surface area contributed by atoms with Gasteiger partial charge in [-0.05, 0) is 37.1 Å². The summed E-state index contributed by atoms with van der Waals surface area (Å²) >= 11 is 5.85. The summed E-state index contributed by atoms with van der Waals surface area (Å²) in [5.74, 6) is 3.13. The van der Waals surface area contributed by atoms with Crippen molar-refractivity contribution < 1.29 is 9.53 Å². The van der Waals surface area contributed by atoms with Gasteiger partial charge < -0.3 is 19.5 Å². The van der Waals surface area contributed by atoms with E-state index in [9.17, 15) is 4.79 Å². The maximum atomic E-state index is 12.4. The largest absolute Gasteiger partial charge is 0.484 e. The summed E-state index contributed by atoms with van der Waals surface area (Å²) in [5, 5.41) is 12.7. The Hall–Kier alpha value is -2.12. The number of ether oxygens (including phenoxy) is 1. The molecule has 2 aliphatic rings. The first kappa shape index (κ1) is 17.3. The molecule has 0 unspecified atom stereocenters. The van der Waals surface area contributed by atoms with Crippen LogP contribution in [0.25, 0.3) is 0 Å². The molecule has 1 N–H and O–H groups in total. The van der Waals surface area contributed by atoms with Crippen LogP contribution in [0.3, 0.4) is 0 Å². The van der Waals surface area contributed by atoms with Gasteiger partial charge in [-0.2, -0.15) is 0 Å². The number of fused-ring (bicyclic) bond motifs is 1. The summed E-state index contributed by atoms with van der Waals surface area (Å²) in [6.07, 6.45) is 1.83. The number of likely N-dealkylation sites (tertiary alicyclic amines) is 1. The zero-order chi connectivity index (χ0) is 17.9. The van der Waals surface area contributed by atoms with E-state index in [2.05, 4.69) is 20.1 Å². The van der Waals surface area contributed by atoms with E-state index < -0.39 is 0 Å². The smallest absolute Gasteiger partial charge is 0.260 e.